The molecule has 1 saturated heterocycles. The Morgan fingerprint density at radius 3 is 2.83 bits per heavy atom. The standard InChI is InChI=1S/C18H26N2O2.BrH/c1-22-18(21)11-7-3-6-10-17-12-16(19)14-20(17)13-15-8-4-2-5-9-15;/h2,4-6,8-10,16-17H,3,7,11-14,19H2,1H3;1H/b10-6-;/t16-,17-;/m1./s1. The lowest BCUT2D eigenvalue weighted by Crippen LogP contribution is -2.29. The molecule has 1 aromatic rings. The van der Waals surface area contributed by atoms with Crippen LogP contribution in [0, 0.1) is 0 Å². The molecule has 4 nitrogen and oxygen atoms in total. The molecule has 5 heteroatoms. The summed E-state index contributed by atoms with van der Waals surface area (Å²) in [5.41, 5.74) is 7.44. The van der Waals surface area contributed by atoms with Gasteiger partial charge in [0.2, 0.25) is 0 Å². The Morgan fingerprint density at radius 1 is 1.39 bits per heavy atom. The van der Waals surface area contributed by atoms with Gasteiger partial charge in [-0.15, -0.1) is 17.0 Å². The third kappa shape index (κ3) is 6.85. The molecule has 2 atom stereocenters. The van der Waals surface area contributed by atoms with Gasteiger partial charge in [-0.1, -0.05) is 42.5 Å². The molecule has 128 valence electrons. The van der Waals surface area contributed by atoms with Crippen LogP contribution in [0.15, 0.2) is 42.5 Å². The minimum Gasteiger partial charge on any atom is -0.469 e. The van der Waals surface area contributed by atoms with Crippen LogP contribution >= 0.6 is 17.0 Å². The highest BCUT2D eigenvalue weighted by atomic mass is 79.9. The van der Waals surface area contributed by atoms with Gasteiger partial charge in [0.15, 0.2) is 0 Å². The van der Waals surface area contributed by atoms with E-state index in [4.69, 9.17) is 5.73 Å². The Kier molecular flexibility index (Phi) is 9.14. The topological polar surface area (TPSA) is 55.6 Å². The number of carbonyl (C=O) groups is 1. The molecule has 1 fully saturated rings. The fourth-order valence-electron chi connectivity index (χ4n) is 2.89. The monoisotopic (exact) mass is 382 g/mol. The Bertz CT molecular complexity index is 493. The number of methoxy groups -OCH3 is 1. The summed E-state index contributed by atoms with van der Waals surface area (Å²) in [4.78, 5) is 13.5. The number of esters is 1. The number of carbonyl (C=O) groups excluding carboxylic acids is 1. The van der Waals surface area contributed by atoms with E-state index in [-0.39, 0.29) is 29.0 Å². The van der Waals surface area contributed by atoms with Gasteiger partial charge in [-0.2, -0.15) is 0 Å². The number of likely N-dealkylation sites (tertiary alicyclic amines) is 1. The maximum atomic E-state index is 11.1. The van der Waals surface area contributed by atoms with E-state index >= 15 is 0 Å². The molecule has 1 aliphatic rings. The minimum absolute atomic E-state index is 0. The molecule has 23 heavy (non-hydrogen) atoms. The summed E-state index contributed by atoms with van der Waals surface area (Å²) in [6.07, 6.45) is 7.64. The predicted octanol–water partition coefficient (Wildman–Crippen LogP) is 3.07. The van der Waals surface area contributed by atoms with Crippen LogP contribution in [0.4, 0.5) is 0 Å². The van der Waals surface area contributed by atoms with Crippen LogP contribution < -0.4 is 5.73 Å². The van der Waals surface area contributed by atoms with E-state index in [0.29, 0.717) is 12.5 Å². The summed E-state index contributed by atoms with van der Waals surface area (Å²) in [5.74, 6) is -0.137. The van der Waals surface area contributed by atoms with E-state index in [1.54, 1.807) is 0 Å². The van der Waals surface area contributed by atoms with Gasteiger partial charge in [0, 0.05) is 31.6 Å². The number of benzene rings is 1. The van der Waals surface area contributed by atoms with Crippen LogP contribution in [0.2, 0.25) is 0 Å². The molecule has 2 N–H and O–H groups in total. The molecule has 0 radical (unpaired) electrons. The number of rotatable bonds is 7. The van der Waals surface area contributed by atoms with Gasteiger partial charge >= 0.3 is 5.97 Å². The summed E-state index contributed by atoms with van der Waals surface area (Å²) in [7, 11) is 1.43. The number of hydrogen-bond donors (Lipinski definition) is 1. The van der Waals surface area contributed by atoms with E-state index in [1.165, 1.54) is 12.7 Å². The molecule has 1 aromatic carbocycles. The highest BCUT2D eigenvalue weighted by Crippen LogP contribution is 2.21. The lowest BCUT2D eigenvalue weighted by Gasteiger charge is -2.21. The van der Waals surface area contributed by atoms with Crippen molar-refractivity contribution < 1.29 is 9.53 Å². The Labute approximate surface area is 149 Å². The van der Waals surface area contributed by atoms with E-state index in [0.717, 1.165) is 32.4 Å². The van der Waals surface area contributed by atoms with Gasteiger partial charge in [0.1, 0.15) is 0 Å². The van der Waals surface area contributed by atoms with Crippen LogP contribution in [-0.4, -0.2) is 36.6 Å². The predicted molar refractivity (Wildman–Crippen MR) is 98.6 cm³/mol. The van der Waals surface area contributed by atoms with Gasteiger partial charge in [-0.3, -0.25) is 9.69 Å². The first kappa shape index (κ1) is 19.9. The SMILES string of the molecule is Br.COC(=O)CCC/C=C\[C@@H]1C[C@@H](N)CN1Cc1ccccc1. The van der Waals surface area contributed by atoms with E-state index in [1.807, 2.05) is 6.07 Å². The summed E-state index contributed by atoms with van der Waals surface area (Å²) in [6, 6.07) is 11.1. The lowest BCUT2D eigenvalue weighted by atomic mass is 10.1. The molecule has 0 spiro atoms. The number of nitrogens with two attached hydrogens (primary N) is 1. The van der Waals surface area contributed by atoms with Gasteiger partial charge in [0.05, 0.1) is 7.11 Å². The molecule has 0 saturated carbocycles. The average molecular weight is 383 g/mol. The van der Waals surface area contributed by atoms with Crippen molar-refractivity contribution in [3.05, 3.63) is 48.0 Å². The smallest absolute Gasteiger partial charge is 0.305 e. The van der Waals surface area contributed by atoms with Crippen molar-refractivity contribution in [2.24, 2.45) is 5.73 Å². The van der Waals surface area contributed by atoms with Crippen molar-refractivity contribution in [2.75, 3.05) is 13.7 Å². The number of hydrogen-bond acceptors (Lipinski definition) is 4. The maximum absolute atomic E-state index is 11.1. The number of unbranched alkanes of at least 4 members (excludes halogenated alkanes) is 1. The first-order chi connectivity index (χ1) is 10.7. The number of allylic oxidation sites excluding steroid dienone is 1. The lowest BCUT2D eigenvalue weighted by molar-refractivity contribution is -0.140. The normalized spacial score (nSPS) is 21.3. The number of nitrogens with zero attached hydrogens (tertiary/aromatic N) is 1. The molecule has 0 amide bonds. The highest BCUT2D eigenvalue weighted by Gasteiger charge is 2.27. The first-order valence-corrected chi connectivity index (χ1v) is 7.96. The number of ether oxygens (including phenoxy) is 1. The fourth-order valence-corrected chi connectivity index (χ4v) is 2.89. The van der Waals surface area contributed by atoms with Crippen LogP contribution in [0.25, 0.3) is 0 Å². The summed E-state index contributed by atoms with van der Waals surface area (Å²) in [6.45, 7) is 1.87. The van der Waals surface area contributed by atoms with Gasteiger partial charge in [-0.25, -0.2) is 0 Å². The molecule has 1 heterocycles. The summed E-state index contributed by atoms with van der Waals surface area (Å²) >= 11 is 0. The Morgan fingerprint density at radius 2 is 2.13 bits per heavy atom. The Hall–Kier alpha value is -1.17. The second-order valence-corrected chi connectivity index (χ2v) is 5.87. The van der Waals surface area contributed by atoms with Crippen molar-refractivity contribution in [1.82, 2.24) is 4.90 Å². The third-order valence-electron chi connectivity index (χ3n) is 4.05. The minimum atomic E-state index is -0.137. The Balaban J connectivity index is 0.00000264. The summed E-state index contributed by atoms with van der Waals surface area (Å²) < 4.78 is 4.64. The van der Waals surface area contributed by atoms with Crippen LogP contribution in [-0.2, 0) is 16.1 Å². The zero-order valence-corrected chi connectivity index (χ0v) is 15.4. The zero-order chi connectivity index (χ0) is 15.8. The van der Waals surface area contributed by atoms with Crippen molar-refractivity contribution in [3.63, 3.8) is 0 Å². The maximum Gasteiger partial charge on any atom is 0.305 e. The molecule has 0 bridgehead atoms. The molecule has 1 aliphatic heterocycles. The van der Waals surface area contributed by atoms with Gasteiger partial charge in [0.25, 0.3) is 0 Å². The fraction of sp³-hybridized carbons (Fsp3) is 0.500. The van der Waals surface area contributed by atoms with E-state index < -0.39 is 0 Å². The van der Waals surface area contributed by atoms with Crippen LogP contribution in [0.1, 0.15) is 31.2 Å². The average Bonchev–Trinajstić information content (AvgIpc) is 2.87. The van der Waals surface area contributed by atoms with Crippen molar-refractivity contribution >= 4 is 23.0 Å². The van der Waals surface area contributed by atoms with E-state index in [9.17, 15) is 4.79 Å². The highest BCUT2D eigenvalue weighted by molar-refractivity contribution is 8.93. The molecule has 0 unspecified atom stereocenters. The van der Waals surface area contributed by atoms with Crippen LogP contribution in [0.5, 0.6) is 0 Å². The third-order valence-corrected chi connectivity index (χ3v) is 4.05. The van der Waals surface area contributed by atoms with Crippen molar-refractivity contribution in [1.29, 1.82) is 0 Å². The van der Waals surface area contributed by atoms with Gasteiger partial charge < -0.3 is 10.5 Å². The largest absolute Gasteiger partial charge is 0.469 e. The number of halogens is 1. The van der Waals surface area contributed by atoms with Crippen LogP contribution in [0.3, 0.4) is 0 Å². The molecular weight excluding hydrogens is 356 g/mol. The second kappa shape index (κ2) is 10.6. The van der Waals surface area contributed by atoms with E-state index in [2.05, 4.69) is 46.1 Å². The van der Waals surface area contributed by atoms with Crippen molar-refractivity contribution in [2.45, 2.75) is 44.3 Å². The van der Waals surface area contributed by atoms with Crippen molar-refractivity contribution in [3.8, 4) is 0 Å². The quantitative estimate of drug-likeness (QED) is 0.447. The molecule has 0 aliphatic carbocycles. The molecule has 0 aromatic heterocycles. The molecule has 2 rings (SSSR count). The van der Waals surface area contributed by atoms with Gasteiger partial charge in [-0.05, 0) is 24.8 Å². The zero-order valence-electron chi connectivity index (χ0n) is 13.7. The second-order valence-electron chi connectivity index (χ2n) is 5.87. The first-order valence-electron chi connectivity index (χ1n) is 7.96. The summed E-state index contributed by atoms with van der Waals surface area (Å²) in [5, 5.41) is 0. The molecular formula is C18H27BrN2O2.